The van der Waals surface area contributed by atoms with Crippen LogP contribution in [0.2, 0.25) is 0 Å². The SMILES string of the molecule is C=C1[C-](C)C1C.CCCC(C(=O)NC=O)N(C=O)C(=O)c1ccc([C-]2CCNCC2)cc1C.[W].[Y]. The number of aryl methyl sites for hydroxylation is 1. The number of hydrogen-bond donors (Lipinski definition) is 2. The van der Waals surface area contributed by atoms with Crippen molar-refractivity contribution in [2.24, 2.45) is 5.92 Å². The third-order valence-electron chi connectivity index (χ3n) is 6.42. The van der Waals surface area contributed by atoms with Gasteiger partial charge in [0.05, 0.1) is 0 Å². The fourth-order valence-electron chi connectivity index (χ4n) is 3.92. The zero-order valence-electron chi connectivity index (χ0n) is 21.1. The predicted molar refractivity (Wildman–Crippen MR) is 128 cm³/mol. The van der Waals surface area contributed by atoms with Crippen LogP contribution in [0.3, 0.4) is 0 Å². The van der Waals surface area contributed by atoms with Gasteiger partial charge in [-0.2, -0.15) is 23.6 Å². The molecule has 2 aliphatic rings. The molecular weight excluding hydrogens is 691 g/mol. The van der Waals surface area contributed by atoms with Gasteiger partial charge in [0.2, 0.25) is 18.7 Å². The average Bonchev–Trinajstić information content (AvgIpc) is 3.35. The first-order valence-corrected chi connectivity index (χ1v) is 11.5. The van der Waals surface area contributed by atoms with E-state index in [-0.39, 0.29) is 66.6 Å². The van der Waals surface area contributed by atoms with E-state index in [1.54, 1.807) is 6.07 Å². The molecule has 1 saturated heterocycles. The van der Waals surface area contributed by atoms with Gasteiger partial charge in [0.1, 0.15) is 6.04 Å². The Labute approximate surface area is 248 Å². The molecule has 1 saturated carbocycles. The fraction of sp³-hybridized carbons (Fsp3) is 0.462. The number of allylic oxidation sites excluding steroid dienone is 1. The van der Waals surface area contributed by atoms with E-state index in [4.69, 9.17) is 0 Å². The van der Waals surface area contributed by atoms with Crippen LogP contribution >= 0.6 is 0 Å². The van der Waals surface area contributed by atoms with E-state index in [9.17, 15) is 19.2 Å². The molecule has 35 heavy (non-hydrogen) atoms. The summed E-state index contributed by atoms with van der Waals surface area (Å²) in [6.07, 6.45) is 3.43. The van der Waals surface area contributed by atoms with Crippen LogP contribution in [-0.4, -0.2) is 48.7 Å². The van der Waals surface area contributed by atoms with Gasteiger partial charge in [0.25, 0.3) is 5.91 Å². The van der Waals surface area contributed by atoms with E-state index in [1.165, 1.54) is 17.4 Å². The summed E-state index contributed by atoms with van der Waals surface area (Å²) < 4.78 is 0. The van der Waals surface area contributed by atoms with Crippen LogP contribution in [0, 0.1) is 24.7 Å². The third-order valence-corrected chi connectivity index (χ3v) is 6.42. The van der Waals surface area contributed by atoms with Crippen LogP contribution in [0.4, 0.5) is 0 Å². The van der Waals surface area contributed by atoms with Gasteiger partial charge < -0.3 is 5.32 Å². The van der Waals surface area contributed by atoms with Crippen molar-refractivity contribution >= 4 is 24.6 Å². The van der Waals surface area contributed by atoms with Gasteiger partial charge in [0.15, 0.2) is 0 Å². The number of amides is 4. The first-order chi connectivity index (χ1) is 15.8. The molecule has 1 aliphatic heterocycles. The van der Waals surface area contributed by atoms with Crippen LogP contribution in [-0.2, 0) is 68.2 Å². The van der Waals surface area contributed by atoms with Crippen molar-refractivity contribution in [3.63, 3.8) is 0 Å². The van der Waals surface area contributed by atoms with Gasteiger partial charge in [-0.3, -0.25) is 29.4 Å². The van der Waals surface area contributed by atoms with E-state index < -0.39 is 17.9 Å². The van der Waals surface area contributed by atoms with Crippen LogP contribution in [0.25, 0.3) is 0 Å². The fourth-order valence-corrected chi connectivity index (χ4v) is 3.92. The number of hydrogen-bond acceptors (Lipinski definition) is 5. The molecule has 1 radical (unpaired) electrons. The number of imide groups is 2. The van der Waals surface area contributed by atoms with E-state index >= 15 is 0 Å². The minimum absolute atomic E-state index is 0. The Balaban J connectivity index is 0.00000126. The molecule has 1 aromatic carbocycles. The van der Waals surface area contributed by atoms with Gasteiger partial charge in [-0.1, -0.05) is 51.5 Å². The van der Waals surface area contributed by atoms with Crippen molar-refractivity contribution in [1.29, 1.82) is 0 Å². The molecule has 4 amide bonds. The smallest absolute Gasteiger partial charge is 0.259 e. The average molecular weight is 726 g/mol. The summed E-state index contributed by atoms with van der Waals surface area (Å²) in [6.45, 7) is 13.6. The van der Waals surface area contributed by atoms with E-state index in [0.717, 1.165) is 47.9 Å². The molecular formula is C26H35N3O4WY-2. The van der Waals surface area contributed by atoms with Crippen molar-refractivity contribution in [1.82, 2.24) is 15.5 Å². The number of nitrogens with one attached hydrogen (secondary N) is 2. The zero-order chi connectivity index (χ0) is 24.5. The summed E-state index contributed by atoms with van der Waals surface area (Å²) in [7, 11) is 0. The van der Waals surface area contributed by atoms with Gasteiger partial charge in [-0.15, -0.1) is 13.0 Å². The summed E-state index contributed by atoms with van der Waals surface area (Å²) in [6, 6.07) is 4.55. The molecule has 2 atom stereocenters. The van der Waals surface area contributed by atoms with Gasteiger partial charge in [-0.25, -0.2) is 18.1 Å². The summed E-state index contributed by atoms with van der Waals surface area (Å²) in [4.78, 5) is 48.1. The third kappa shape index (κ3) is 9.28. The van der Waals surface area contributed by atoms with Crippen LogP contribution < -0.4 is 10.6 Å². The molecule has 3 rings (SSSR count). The van der Waals surface area contributed by atoms with Crippen molar-refractivity contribution in [2.45, 2.75) is 59.4 Å². The molecule has 1 aliphatic carbocycles. The standard InChI is InChI=1S/C20H26N3O4.C6H9.W.Y/c1-3-4-18(19(26)22-12-24)23(13-25)20(27)17-6-5-16(11-14(17)2)15-7-9-21-10-8-15;1-4-5(2)6(4)3;;/h5-6,11-13,18,21H,3-4,7-10H2,1-2H3,(H,22,24,26);5H,1H2,2-3H3;;/q2*-1;;. The second-order valence-electron chi connectivity index (χ2n) is 8.56. The summed E-state index contributed by atoms with van der Waals surface area (Å²) >= 11 is 0. The van der Waals surface area contributed by atoms with Crippen molar-refractivity contribution in [2.75, 3.05) is 13.1 Å². The second-order valence-corrected chi connectivity index (χ2v) is 8.56. The Hall–Kier alpha value is -1.27. The van der Waals surface area contributed by atoms with Gasteiger partial charge in [0, 0.05) is 59.3 Å². The van der Waals surface area contributed by atoms with Gasteiger partial charge in [-0.05, 0) is 19.5 Å². The summed E-state index contributed by atoms with van der Waals surface area (Å²) in [5, 5.41) is 5.35. The Morgan fingerprint density at radius 3 is 2.29 bits per heavy atom. The van der Waals surface area contributed by atoms with Crippen molar-refractivity contribution < 1.29 is 73.0 Å². The van der Waals surface area contributed by atoms with Gasteiger partial charge >= 0.3 is 0 Å². The molecule has 7 nitrogen and oxygen atoms in total. The molecule has 2 fully saturated rings. The number of piperidine rings is 1. The first kappa shape index (κ1) is 33.7. The summed E-state index contributed by atoms with van der Waals surface area (Å²) in [5.41, 5.74) is 3.57. The Morgan fingerprint density at radius 1 is 1.29 bits per heavy atom. The molecule has 2 N–H and O–H groups in total. The molecule has 0 aromatic heterocycles. The maximum atomic E-state index is 12.9. The molecule has 0 spiro atoms. The quantitative estimate of drug-likeness (QED) is 0.318. The molecule has 189 valence electrons. The molecule has 1 heterocycles. The van der Waals surface area contributed by atoms with E-state index in [2.05, 4.69) is 25.7 Å². The van der Waals surface area contributed by atoms with Crippen LogP contribution in [0.15, 0.2) is 30.4 Å². The van der Waals surface area contributed by atoms with E-state index in [0.29, 0.717) is 18.4 Å². The molecule has 2 unspecified atom stereocenters. The van der Waals surface area contributed by atoms with Crippen molar-refractivity contribution in [3.05, 3.63) is 58.9 Å². The minimum atomic E-state index is -1.01. The largest absolute Gasteiger partial charge is 0.318 e. The maximum absolute atomic E-state index is 12.9. The number of carbonyl (C=O) groups excluding carboxylic acids is 4. The molecule has 9 heteroatoms. The topological polar surface area (TPSA) is 95.6 Å². The van der Waals surface area contributed by atoms with E-state index in [1.807, 2.05) is 31.3 Å². The number of carbonyl (C=O) groups is 4. The zero-order valence-corrected chi connectivity index (χ0v) is 26.8. The number of nitrogens with zero attached hydrogens (tertiary/aromatic N) is 1. The predicted octanol–water partition coefficient (Wildman–Crippen LogP) is 3.12. The van der Waals surface area contributed by atoms with Crippen molar-refractivity contribution in [3.8, 4) is 0 Å². The van der Waals surface area contributed by atoms with Crippen LogP contribution in [0.5, 0.6) is 0 Å². The molecule has 1 aromatic rings. The number of benzene rings is 1. The summed E-state index contributed by atoms with van der Waals surface area (Å²) in [5.74, 6) is 2.37. The second kappa shape index (κ2) is 16.5. The number of rotatable bonds is 8. The normalized spacial score (nSPS) is 16.9. The first-order valence-electron chi connectivity index (χ1n) is 11.5. The minimum Gasteiger partial charge on any atom is -0.318 e. The van der Waals surface area contributed by atoms with Crippen LogP contribution in [0.1, 0.15) is 67.9 Å². The molecule has 0 bridgehead atoms. The Kier molecular flexibility index (Phi) is 15.9. The Morgan fingerprint density at radius 2 is 1.86 bits per heavy atom. The monoisotopic (exact) mass is 726 g/mol. The Bertz CT molecular complexity index is 879. The maximum Gasteiger partial charge on any atom is 0.259 e.